The van der Waals surface area contributed by atoms with Crippen molar-refractivity contribution in [2.24, 2.45) is 5.84 Å². The van der Waals surface area contributed by atoms with Gasteiger partial charge in [-0.25, -0.2) is 0 Å². The Morgan fingerprint density at radius 3 is 2.28 bits per heavy atom. The molecule has 0 heterocycles. The van der Waals surface area contributed by atoms with Crippen molar-refractivity contribution in [3.05, 3.63) is 23.8 Å². The highest BCUT2D eigenvalue weighted by Gasteiger charge is 2.10. The molecule has 102 valence electrons. The maximum Gasteiger partial charge on any atom is 0.161 e. The van der Waals surface area contributed by atoms with E-state index in [-0.39, 0.29) is 6.04 Å². The number of ether oxygens (including phenoxy) is 2. The summed E-state index contributed by atoms with van der Waals surface area (Å²) < 4.78 is 11.4. The van der Waals surface area contributed by atoms with Crippen LogP contribution < -0.4 is 20.7 Å². The lowest BCUT2D eigenvalue weighted by Crippen LogP contribution is -2.25. The zero-order valence-corrected chi connectivity index (χ0v) is 11.5. The zero-order valence-electron chi connectivity index (χ0n) is 11.5. The molecule has 0 aliphatic rings. The van der Waals surface area contributed by atoms with Crippen molar-refractivity contribution in [1.29, 1.82) is 0 Å². The predicted octanol–water partition coefficient (Wildman–Crippen LogP) is 2.79. The summed E-state index contributed by atoms with van der Waals surface area (Å²) in [6, 6.07) is 6.04. The van der Waals surface area contributed by atoms with Crippen molar-refractivity contribution in [3.63, 3.8) is 0 Å². The van der Waals surface area contributed by atoms with Crippen molar-refractivity contribution >= 4 is 0 Å². The summed E-state index contributed by atoms with van der Waals surface area (Å²) in [5.74, 6) is 7.05. The Morgan fingerprint density at radius 1 is 1.11 bits per heavy atom. The van der Waals surface area contributed by atoms with E-state index in [1.807, 2.05) is 25.1 Å². The molecule has 0 fully saturated rings. The molecule has 0 aromatic heterocycles. The summed E-state index contributed by atoms with van der Waals surface area (Å²) in [7, 11) is 0. The molecule has 4 heteroatoms. The molecule has 4 nitrogen and oxygen atoms in total. The van der Waals surface area contributed by atoms with Gasteiger partial charge in [0.1, 0.15) is 0 Å². The Kier molecular flexibility index (Phi) is 6.54. The van der Waals surface area contributed by atoms with E-state index in [4.69, 9.17) is 15.3 Å². The molecule has 1 rings (SSSR count). The molecular weight excluding hydrogens is 228 g/mol. The Labute approximate surface area is 109 Å². The van der Waals surface area contributed by atoms with Gasteiger partial charge in [-0.15, -0.1) is 0 Å². The number of hydrazine groups is 1. The molecular formula is C14H24N2O2. The summed E-state index contributed by atoms with van der Waals surface area (Å²) in [4.78, 5) is 0. The first kappa shape index (κ1) is 14.8. The van der Waals surface area contributed by atoms with Gasteiger partial charge in [0, 0.05) is 6.04 Å². The second kappa shape index (κ2) is 7.95. The molecule has 1 aromatic rings. The first-order chi connectivity index (χ1) is 8.72. The molecule has 0 saturated heterocycles. The average molecular weight is 252 g/mol. The third kappa shape index (κ3) is 4.20. The number of nitrogens with one attached hydrogen (secondary N) is 1. The third-order valence-electron chi connectivity index (χ3n) is 2.64. The number of hydrogen-bond acceptors (Lipinski definition) is 4. The van der Waals surface area contributed by atoms with Crippen LogP contribution >= 0.6 is 0 Å². The monoisotopic (exact) mass is 252 g/mol. The topological polar surface area (TPSA) is 56.5 Å². The van der Waals surface area contributed by atoms with Crippen LogP contribution in [0.15, 0.2) is 18.2 Å². The van der Waals surface area contributed by atoms with Crippen LogP contribution in [0.5, 0.6) is 11.5 Å². The highest BCUT2D eigenvalue weighted by molar-refractivity contribution is 5.43. The molecule has 1 aromatic carbocycles. The van der Waals surface area contributed by atoms with Crippen LogP contribution in [0.2, 0.25) is 0 Å². The molecule has 0 saturated carbocycles. The van der Waals surface area contributed by atoms with Gasteiger partial charge in [-0.05, 0) is 37.5 Å². The van der Waals surface area contributed by atoms with Gasteiger partial charge in [-0.1, -0.05) is 19.9 Å². The maximum absolute atomic E-state index is 5.73. The standard InChI is InChI=1S/C14H24N2O2/c1-4-8-17-13-7-6-12(11(3)16-15)10-14(13)18-9-5-2/h6-7,10-11,16H,4-5,8-9,15H2,1-3H3. The molecule has 18 heavy (non-hydrogen) atoms. The van der Waals surface area contributed by atoms with Crippen molar-refractivity contribution < 1.29 is 9.47 Å². The first-order valence-corrected chi connectivity index (χ1v) is 6.58. The highest BCUT2D eigenvalue weighted by atomic mass is 16.5. The van der Waals surface area contributed by atoms with E-state index in [1.54, 1.807) is 0 Å². The van der Waals surface area contributed by atoms with Gasteiger partial charge in [0.2, 0.25) is 0 Å². The minimum atomic E-state index is 0.0919. The van der Waals surface area contributed by atoms with E-state index in [0.717, 1.165) is 29.9 Å². The normalized spacial score (nSPS) is 12.2. The minimum Gasteiger partial charge on any atom is -0.490 e. The maximum atomic E-state index is 5.73. The van der Waals surface area contributed by atoms with Crippen molar-refractivity contribution in [3.8, 4) is 11.5 Å². The Bertz CT molecular complexity index is 356. The van der Waals surface area contributed by atoms with Gasteiger partial charge < -0.3 is 9.47 Å². The Balaban J connectivity index is 2.88. The first-order valence-electron chi connectivity index (χ1n) is 6.58. The van der Waals surface area contributed by atoms with E-state index in [0.29, 0.717) is 13.2 Å². The predicted molar refractivity (Wildman–Crippen MR) is 73.8 cm³/mol. The summed E-state index contributed by atoms with van der Waals surface area (Å²) in [5, 5.41) is 0. The van der Waals surface area contributed by atoms with Crippen molar-refractivity contribution in [2.45, 2.75) is 39.7 Å². The van der Waals surface area contributed by atoms with Crippen LogP contribution in [0.4, 0.5) is 0 Å². The van der Waals surface area contributed by atoms with Gasteiger partial charge in [0.05, 0.1) is 13.2 Å². The van der Waals surface area contributed by atoms with E-state index >= 15 is 0 Å². The van der Waals surface area contributed by atoms with Gasteiger partial charge in [-0.2, -0.15) is 0 Å². The number of benzene rings is 1. The molecule has 0 amide bonds. The fourth-order valence-corrected chi connectivity index (χ4v) is 1.55. The van der Waals surface area contributed by atoms with E-state index in [9.17, 15) is 0 Å². The van der Waals surface area contributed by atoms with Gasteiger partial charge in [-0.3, -0.25) is 11.3 Å². The number of rotatable bonds is 8. The van der Waals surface area contributed by atoms with Crippen molar-refractivity contribution in [2.75, 3.05) is 13.2 Å². The Morgan fingerprint density at radius 2 is 1.72 bits per heavy atom. The average Bonchev–Trinajstić information content (AvgIpc) is 2.42. The smallest absolute Gasteiger partial charge is 0.161 e. The summed E-state index contributed by atoms with van der Waals surface area (Å²) in [5.41, 5.74) is 3.82. The number of nitrogens with two attached hydrogens (primary N) is 1. The molecule has 0 bridgehead atoms. The zero-order chi connectivity index (χ0) is 13.4. The van der Waals surface area contributed by atoms with Crippen LogP contribution in [0.25, 0.3) is 0 Å². The van der Waals surface area contributed by atoms with Gasteiger partial charge in [0.15, 0.2) is 11.5 Å². The lowest BCUT2D eigenvalue weighted by atomic mass is 10.1. The van der Waals surface area contributed by atoms with Crippen LogP contribution in [0, 0.1) is 0 Å². The fourth-order valence-electron chi connectivity index (χ4n) is 1.55. The van der Waals surface area contributed by atoms with Crippen LogP contribution in [-0.4, -0.2) is 13.2 Å². The number of hydrogen-bond donors (Lipinski definition) is 2. The van der Waals surface area contributed by atoms with Crippen LogP contribution in [0.1, 0.15) is 45.2 Å². The van der Waals surface area contributed by atoms with Crippen molar-refractivity contribution in [1.82, 2.24) is 5.43 Å². The van der Waals surface area contributed by atoms with E-state index < -0.39 is 0 Å². The lowest BCUT2D eigenvalue weighted by molar-refractivity contribution is 0.268. The molecule has 3 N–H and O–H groups in total. The summed E-state index contributed by atoms with van der Waals surface area (Å²) in [6.07, 6.45) is 1.96. The molecule has 0 radical (unpaired) electrons. The summed E-state index contributed by atoms with van der Waals surface area (Å²) >= 11 is 0. The van der Waals surface area contributed by atoms with Crippen LogP contribution in [0.3, 0.4) is 0 Å². The Hall–Kier alpha value is -1.26. The summed E-state index contributed by atoms with van der Waals surface area (Å²) in [6.45, 7) is 7.57. The largest absolute Gasteiger partial charge is 0.490 e. The second-order valence-corrected chi connectivity index (χ2v) is 4.29. The molecule has 1 unspecified atom stereocenters. The molecule has 0 aliphatic heterocycles. The van der Waals surface area contributed by atoms with Crippen LogP contribution in [-0.2, 0) is 0 Å². The second-order valence-electron chi connectivity index (χ2n) is 4.29. The SMILES string of the molecule is CCCOc1ccc(C(C)NN)cc1OCCC. The third-order valence-corrected chi connectivity index (χ3v) is 2.64. The fraction of sp³-hybridized carbons (Fsp3) is 0.571. The molecule has 1 atom stereocenters. The van der Waals surface area contributed by atoms with E-state index in [1.165, 1.54) is 0 Å². The highest BCUT2D eigenvalue weighted by Crippen LogP contribution is 2.30. The van der Waals surface area contributed by atoms with Gasteiger partial charge >= 0.3 is 0 Å². The molecule has 0 spiro atoms. The minimum absolute atomic E-state index is 0.0919. The van der Waals surface area contributed by atoms with Gasteiger partial charge in [0.25, 0.3) is 0 Å². The van der Waals surface area contributed by atoms with E-state index in [2.05, 4.69) is 19.3 Å². The quantitative estimate of drug-likeness (QED) is 0.552. The lowest BCUT2D eigenvalue weighted by Gasteiger charge is -2.16. The molecule has 0 aliphatic carbocycles.